The van der Waals surface area contributed by atoms with Gasteiger partial charge in [-0.1, -0.05) is 57.2 Å². The van der Waals surface area contributed by atoms with Crippen LogP contribution in [0.3, 0.4) is 0 Å². The number of phenolic OH excluding ortho intramolecular Hbond substituents is 1. The molecule has 0 aliphatic heterocycles. The highest BCUT2D eigenvalue weighted by Gasteiger charge is 2.15. The van der Waals surface area contributed by atoms with Crippen molar-refractivity contribution in [1.82, 2.24) is 0 Å². The Morgan fingerprint density at radius 1 is 1.05 bits per heavy atom. The molecule has 2 rings (SSSR count). The van der Waals surface area contributed by atoms with Gasteiger partial charge in [0.05, 0.1) is 0 Å². The van der Waals surface area contributed by atoms with Crippen LogP contribution in [0.1, 0.15) is 43.4 Å². The third-order valence-electron chi connectivity index (χ3n) is 3.93. The predicted molar refractivity (Wildman–Crippen MR) is 88.7 cm³/mol. The van der Waals surface area contributed by atoms with Crippen LogP contribution in [-0.4, -0.2) is 11.7 Å². The molecule has 2 heteroatoms. The summed E-state index contributed by atoms with van der Waals surface area (Å²) >= 11 is 0. The van der Waals surface area contributed by atoms with Crippen molar-refractivity contribution < 1.29 is 5.11 Å². The largest absolute Gasteiger partial charge is 0.508 e. The molecule has 0 fully saturated rings. The van der Waals surface area contributed by atoms with E-state index in [4.69, 9.17) is 5.73 Å². The smallest absolute Gasteiger partial charge is 0.115 e. The van der Waals surface area contributed by atoms with Crippen molar-refractivity contribution >= 4 is 0 Å². The average Bonchev–Trinajstić information content (AvgIpc) is 2.44. The summed E-state index contributed by atoms with van der Waals surface area (Å²) in [6.45, 7) is 7.25. The molecule has 0 aliphatic carbocycles. The van der Waals surface area contributed by atoms with Crippen LogP contribution in [0, 0.1) is 0 Å². The maximum Gasteiger partial charge on any atom is 0.115 e. The molecule has 0 aliphatic rings. The number of hydrogen-bond acceptors (Lipinski definition) is 2. The lowest BCUT2D eigenvalue weighted by molar-refractivity contribution is 0.474. The molecule has 0 saturated heterocycles. The van der Waals surface area contributed by atoms with Gasteiger partial charge in [0.2, 0.25) is 0 Å². The van der Waals surface area contributed by atoms with Crippen molar-refractivity contribution in [1.29, 1.82) is 0 Å². The topological polar surface area (TPSA) is 46.2 Å². The fourth-order valence-electron chi connectivity index (χ4n) is 2.56. The average molecular weight is 283 g/mol. The fraction of sp³-hybridized carbons (Fsp3) is 0.368. The van der Waals surface area contributed by atoms with Gasteiger partial charge in [0.15, 0.2) is 0 Å². The van der Waals surface area contributed by atoms with E-state index in [9.17, 15) is 5.11 Å². The van der Waals surface area contributed by atoms with Crippen LogP contribution in [0.25, 0.3) is 0 Å². The third-order valence-corrected chi connectivity index (χ3v) is 3.93. The van der Waals surface area contributed by atoms with Gasteiger partial charge in [-0.3, -0.25) is 0 Å². The Bertz CT molecular complexity index is 581. The summed E-state index contributed by atoms with van der Waals surface area (Å²) < 4.78 is 0. The number of nitrogens with two attached hydrogens (primary N) is 1. The second-order valence-electron chi connectivity index (χ2n) is 6.68. The zero-order chi connectivity index (χ0) is 15.5. The van der Waals surface area contributed by atoms with E-state index >= 15 is 0 Å². The van der Waals surface area contributed by atoms with Gasteiger partial charge < -0.3 is 10.8 Å². The van der Waals surface area contributed by atoms with E-state index < -0.39 is 0 Å². The Morgan fingerprint density at radius 2 is 1.71 bits per heavy atom. The van der Waals surface area contributed by atoms with E-state index in [1.54, 1.807) is 6.07 Å². The number of hydrogen-bond donors (Lipinski definition) is 2. The number of rotatable bonds is 4. The second kappa shape index (κ2) is 6.31. The molecule has 21 heavy (non-hydrogen) atoms. The molecule has 1 unspecified atom stereocenters. The van der Waals surface area contributed by atoms with Crippen molar-refractivity contribution in [2.75, 3.05) is 6.54 Å². The zero-order valence-corrected chi connectivity index (χ0v) is 13.1. The monoisotopic (exact) mass is 283 g/mol. The summed E-state index contributed by atoms with van der Waals surface area (Å²) in [6.07, 6.45) is 0.847. The molecular weight excluding hydrogens is 258 g/mol. The highest BCUT2D eigenvalue weighted by molar-refractivity contribution is 5.33. The van der Waals surface area contributed by atoms with Crippen molar-refractivity contribution in [3.63, 3.8) is 0 Å². The fourth-order valence-corrected chi connectivity index (χ4v) is 2.56. The highest BCUT2D eigenvalue weighted by Crippen LogP contribution is 2.26. The SMILES string of the molecule is CC(C)(C)c1ccc(C(CN)Cc2cccc(O)c2)cc1. The highest BCUT2D eigenvalue weighted by atomic mass is 16.3. The van der Waals surface area contributed by atoms with E-state index in [-0.39, 0.29) is 11.3 Å². The van der Waals surface area contributed by atoms with E-state index in [2.05, 4.69) is 45.0 Å². The standard InChI is InChI=1S/C19H25NO/c1-19(2,3)17-9-7-15(8-10-17)16(13-20)11-14-5-4-6-18(21)12-14/h4-10,12,16,21H,11,13,20H2,1-3H3. The Labute approximate surface area is 127 Å². The molecule has 0 heterocycles. The zero-order valence-electron chi connectivity index (χ0n) is 13.1. The molecule has 0 aromatic heterocycles. The quantitative estimate of drug-likeness (QED) is 0.891. The number of benzene rings is 2. The minimum Gasteiger partial charge on any atom is -0.508 e. The third kappa shape index (κ3) is 4.08. The van der Waals surface area contributed by atoms with E-state index in [0.29, 0.717) is 12.3 Å². The van der Waals surface area contributed by atoms with E-state index in [1.807, 2.05) is 18.2 Å². The van der Waals surface area contributed by atoms with Gasteiger partial charge in [0.1, 0.15) is 5.75 Å². The van der Waals surface area contributed by atoms with Gasteiger partial charge in [-0.2, -0.15) is 0 Å². The van der Waals surface area contributed by atoms with Crippen LogP contribution in [-0.2, 0) is 11.8 Å². The molecule has 2 aromatic rings. The lowest BCUT2D eigenvalue weighted by Crippen LogP contribution is -2.16. The predicted octanol–water partition coefficient (Wildman–Crippen LogP) is 3.97. The van der Waals surface area contributed by atoms with Gasteiger partial charge in [-0.15, -0.1) is 0 Å². The molecule has 0 saturated carbocycles. The van der Waals surface area contributed by atoms with Crippen LogP contribution >= 0.6 is 0 Å². The van der Waals surface area contributed by atoms with Gasteiger partial charge >= 0.3 is 0 Å². The summed E-state index contributed by atoms with van der Waals surface area (Å²) in [7, 11) is 0. The lowest BCUT2D eigenvalue weighted by atomic mass is 9.84. The molecule has 2 aromatic carbocycles. The van der Waals surface area contributed by atoms with Crippen LogP contribution in [0.5, 0.6) is 5.75 Å². The Balaban J connectivity index is 2.18. The van der Waals surface area contributed by atoms with Crippen molar-refractivity contribution in [3.05, 3.63) is 65.2 Å². The first kappa shape index (κ1) is 15.6. The number of aromatic hydroxyl groups is 1. The van der Waals surface area contributed by atoms with Gasteiger partial charge in [0.25, 0.3) is 0 Å². The minimum atomic E-state index is 0.169. The summed E-state index contributed by atoms with van der Waals surface area (Å²) in [5, 5.41) is 9.56. The molecule has 2 nitrogen and oxygen atoms in total. The van der Waals surface area contributed by atoms with Crippen LogP contribution < -0.4 is 5.73 Å². The molecular formula is C19H25NO. The second-order valence-corrected chi connectivity index (χ2v) is 6.68. The molecule has 0 spiro atoms. The summed E-state index contributed by atoms with van der Waals surface area (Å²) in [6, 6.07) is 16.2. The van der Waals surface area contributed by atoms with Gasteiger partial charge in [-0.05, 0) is 47.2 Å². The van der Waals surface area contributed by atoms with Gasteiger partial charge in [-0.25, -0.2) is 0 Å². The molecule has 0 radical (unpaired) electrons. The van der Waals surface area contributed by atoms with Gasteiger partial charge in [0, 0.05) is 5.92 Å². The molecule has 112 valence electrons. The van der Waals surface area contributed by atoms with E-state index in [0.717, 1.165) is 12.0 Å². The van der Waals surface area contributed by atoms with Crippen LogP contribution in [0.2, 0.25) is 0 Å². The van der Waals surface area contributed by atoms with Crippen LogP contribution in [0.4, 0.5) is 0 Å². The first-order valence-corrected chi connectivity index (χ1v) is 7.48. The summed E-state index contributed by atoms with van der Waals surface area (Å²) in [5.41, 5.74) is 9.83. The Kier molecular flexibility index (Phi) is 4.69. The molecule has 1 atom stereocenters. The first-order chi connectivity index (χ1) is 9.90. The minimum absolute atomic E-state index is 0.169. The maximum absolute atomic E-state index is 9.56. The summed E-state index contributed by atoms with van der Waals surface area (Å²) in [4.78, 5) is 0. The lowest BCUT2D eigenvalue weighted by Gasteiger charge is -2.21. The Hall–Kier alpha value is -1.80. The van der Waals surface area contributed by atoms with Crippen molar-refractivity contribution in [3.8, 4) is 5.75 Å². The molecule has 3 N–H and O–H groups in total. The van der Waals surface area contributed by atoms with Crippen LogP contribution in [0.15, 0.2) is 48.5 Å². The first-order valence-electron chi connectivity index (χ1n) is 7.48. The number of phenols is 1. The molecule has 0 bridgehead atoms. The van der Waals surface area contributed by atoms with E-state index in [1.165, 1.54) is 11.1 Å². The molecule has 0 amide bonds. The Morgan fingerprint density at radius 3 is 2.24 bits per heavy atom. The maximum atomic E-state index is 9.56. The van der Waals surface area contributed by atoms with Crippen molar-refractivity contribution in [2.24, 2.45) is 5.73 Å². The summed E-state index contributed by atoms with van der Waals surface area (Å²) in [5.74, 6) is 0.590. The normalized spacial score (nSPS) is 13.1. The van der Waals surface area contributed by atoms with Crippen molar-refractivity contribution in [2.45, 2.75) is 38.5 Å².